The first-order chi connectivity index (χ1) is 10.1. The minimum atomic E-state index is -0.404. The Kier molecular flexibility index (Phi) is 3.62. The van der Waals surface area contributed by atoms with Crippen molar-refractivity contribution in [3.63, 3.8) is 0 Å². The monoisotopic (exact) mass is 286 g/mol. The maximum atomic E-state index is 12.1. The lowest BCUT2D eigenvalue weighted by molar-refractivity contribution is 0.176. The van der Waals surface area contributed by atoms with Gasteiger partial charge in [0.05, 0.1) is 11.8 Å². The summed E-state index contributed by atoms with van der Waals surface area (Å²) >= 11 is 0. The van der Waals surface area contributed by atoms with Crippen molar-refractivity contribution in [3.05, 3.63) is 42.2 Å². The number of hydrogen-bond donors (Lipinski definition) is 2. The van der Waals surface area contributed by atoms with E-state index in [2.05, 4.69) is 10.4 Å². The molecule has 21 heavy (non-hydrogen) atoms. The number of amides is 2. The Morgan fingerprint density at radius 1 is 1.48 bits per heavy atom. The number of aromatic nitrogens is 2. The van der Waals surface area contributed by atoms with Crippen LogP contribution in [0.25, 0.3) is 5.69 Å². The lowest BCUT2D eigenvalue weighted by Crippen LogP contribution is -2.33. The molecule has 1 fully saturated rings. The lowest BCUT2D eigenvalue weighted by atomic mass is 10.2. The Labute approximate surface area is 123 Å². The Hall–Kier alpha value is -2.34. The highest BCUT2D eigenvalue weighted by Crippen LogP contribution is 2.20. The molecule has 0 aliphatic carbocycles. The van der Waals surface area contributed by atoms with Crippen LogP contribution in [-0.2, 0) is 0 Å². The number of β-amino-alcohol motifs (C(OH)–C–C–N with tert-alkyl or cyclic N) is 1. The minimum absolute atomic E-state index is 0.165. The molecular formula is C15H18N4O2. The molecule has 1 aromatic heterocycles. The number of aryl methyl sites for hydroxylation is 1. The predicted molar refractivity (Wildman–Crippen MR) is 79.5 cm³/mol. The molecular weight excluding hydrogens is 268 g/mol. The smallest absolute Gasteiger partial charge is 0.321 e. The van der Waals surface area contributed by atoms with Gasteiger partial charge < -0.3 is 15.3 Å². The topological polar surface area (TPSA) is 70.4 Å². The zero-order valence-electron chi connectivity index (χ0n) is 11.9. The number of nitrogens with one attached hydrogen (secondary N) is 1. The molecule has 1 aromatic carbocycles. The second-order valence-electron chi connectivity index (χ2n) is 5.27. The second-order valence-corrected chi connectivity index (χ2v) is 5.27. The molecule has 0 spiro atoms. The van der Waals surface area contributed by atoms with Gasteiger partial charge in [-0.1, -0.05) is 0 Å². The lowest BCUT2D eigenvalue weighted by Gasteiger charge is -2.18. The highest BCUT2D eigenvalue weighted by Gasteiger charge is 2.24. The normalized spacial score (nSPS) is 18.0. The first-order valence-corrected chi connectivity index (χ1v) is 6.98. The van der Waals surface area contributed by atoms with Crippen molar-refractivity contribution in [1.29, 1.82) is 0 Å². The highest BCUT2D eigenvalue weighted by atomic mass is 16.3. The van der Waals surface area contributed by atoms with E-state index in [0.29, 0.717) is 19.5 Å². The molecule has 3 rings (SSSR count). The third kappa shape index (κ3) is 2.90. The van der Waals surface area contributed by atoms with Gasteiger partial charge in [-0.3, -0.25) is 0 Å². The van der Waals surface area contributed by atoms with Crippen LogP contribution in [0.5, 0.6) is 0 Å². The summed E-state index contributed by atoms with van der Waals surface area (Å²) in [5, 5.41) is 16.6. The van der Waals surface area contributed by atoms with Crippen molar-refractivity contribution in [2.24, 2.45) is 0 Å². The average molecular weight is 286 g/mol. The Morgan fingerprint density at radius 2 is 2.33 bits per heavy atom. The van der Waals surface area contributed by atoms with Gasteiger partial charge in [0.15, 0.2) is 0 Å². The maximum Gasteiger partial charge on any atom is 0.321 e. The highest BCUT2D eigenvalue weighted by molar-refractivity contribution is 5.90. The van der Waals surface area contributed by atoms with Crippen LogP contribution in [-0.4, -0.2) is 45.0 Å². The molecule has 1 atom stereocenters. The van der Waals surface area contributed by atoms with Crippen LogP contribution < -0.4 is 5.32 Å². The van der Waals surface area contributed by atoms with Crippen LogP contribution in [0.1, 0.15) is 12.0 Å². The summed E-state index contributed by atoms with van der Waals surface area (Å²) < 4.78 is 1.77. The average Bonchev–Trinajstić information content (AvgIpc) is 3.12. The van der Waals surface area contributed by atoms with Crippen molar-refractivity contribution in [2.75, 3.05) is 18.4 Å². The summed E-state index contributed by atoms with van der Waals surface area (Å²) in [6.07, 6.45) is 3.84. The van der Waals surface area contributed by atoms with Crippen LogP contribution in [0.2, 0.25) is 0 Å². The molecule has 2 N–H and O–H groups in total. The molecule has 110 valence electrons. The van der Waals surface area contributed by atoms with E-state index in [4.69, 9.17) is 0 Å². The molecule has 0 unspecified atom stereocenters. The van der Waals surface area contributed by atoms with Crippen molar-refractivity contribution < 1.29 is 9.90 Å². The van der Waals surface area contributed by atoms with Crippen LogP contribution in [0.3, 0.4) is 0 Å². The fraction of sp³-hybridized carbons (Fsp3) is 0.333. The van der Waals surface area contributed by atoms with Crippen LogP contribution in [0.4, 0.5) is 10.5 Å². The van der Waals surface area contributed by atoms with E-state index in [1.54, 1.807) is 15.8 Å². The molecule has 2 heterocycles. The number of carbonyl (C=O) groups is 1. The van der Waals surface area contributed by atoms with Gasteiger partial charge in [-0.05, 0) is 43.2 Å². The molecule has 1 aliphatic rings. The number of rotatable bonds is 2. The summed E-state index contributed by atoms with van der Waals surface area (Å²) in [4.78, 5) is 13.7. The summed E-state index contributed by atoms with van der Waals surface area (Å²) in [6, 6.07) is 7.46. The van der Waals surface area contributed by atoms with Gasteiger partial charge in [0.2, 0.25) is 0 Å². The molecule has 0 bridgehead atoms. The third-order valence-electron chi connectivity index (χ3n) is 3.67. The summed E-state index contributed by atoms with van der Waals surface area (Å²) in [5.74, 6) is 0. The van der Waals surface area contributed by atoms with Crippen LogP contribution in [0.15, 0.2) is 36.7 Å². The summed E-state index contributed by atoms with van der Waals surface area (Å²) in [7, 11) is 0. The molecule has 1 aliphatic heterocycles. The number of nitrogens with zero attached hydrogens (tertiary/aromatic N) is 3. The Morgan fingerprint density at radius 3 is 2.95 bits per heavy atom. The van der Waals surface area contributed by atoms with E-state index >= 15 is 0 Å². The molecule has 1 saturated heterocycles. The predicted octanol–water partition coefficient (Wildman–Crippen LogP) is 1.78. The van der Waals surface area contributed by atoms with Gasteiger partial charge in [-0.2, -0.15) is 5.10 Å². The number of likely N-dealkylation sites (tertiary alicyclic amines) is 1. The Bertz CT molecular complexity index is 639. The largest absolute Gasteiger partial charge is 0.391 e. The van der Waals surface area contributed by atoms with Crippen molar-refractivity contribution in [2.45, 2.75) is 19.4 Å². The summed E-state index contributed by atoms with van der Waals surface area (Å²) in [5.41, 5.74) is 2.69. The number of carbonyl (C=O) groups excluding carboxylic acids is 1. The molecule has 0 saturated carbocycles. The number of anilines is 1. The SMILES string of the molecule is Cc1cc(-n2cccn2)ccc1NC(=O)N1CC[C@H](O)C1. The van der Waals surface area contributed by atoms with E-state index in [-0.39, 0.29) is 6.03 Å². The third-order valence-corrected chi connectivity index (χ3v) is 3.67. The summed E-state index contributed by atoms with van der Waals surface area (Å²) in [6.45, 7) is 2.94. The number of urea groups is 1. The van der Waals surface area contributed by atoms with Crippen LogP contribution >= 0.6 is 0 Å². The van der Waals surface area contributed by atoms with Crippen molar-refractivity contribution in [1.82, 2.24) is 14.7 Å². The van der Waals surface area contributed by atoms with E-state index < -0.39 is 6.10 Å². The van der Waals surface area contributed by atoms with Gasteiger partial charge in [0.1, 0.15) is 0 Å². The molecule has 0 radical (unpaired) electrons. The fourth-order valence-corrected chi connectivity index (χ4v) is 2.47. The zero-order valence-corrected chi connectivity index (χ0v) is 11.9. The standard InChI is InChI=1S/C15H18N4O2/c1-11-9-12(19-7-2-6-16-19)3-4-14(11)17-15(21)18-8-5-13(20)10-18/h2-4,6-7,9,13,20H,5,8,10H2,1H3,(H,17,21)/t13-/m0/s1. The fourth-order valence-electron chi connectivity index (χ4n) is 2.47. The van der Waals surface area contributed by atoms with E-state index in [9.17, 15) is 9.90 Å². The van der Waals surface area contributed by atoms with E-state index in [1.165, 1.54) is 0 Å². The molecule has 6 heteroatoms. The molecule has 6 nitrogen and oxygen atoms in total. The maximum absolute atomic E-state index is 12.1. The van der Waals surface area contributed by atoms with E-state index in [1.807, 2.05) is 37.4 Å². The zero-order chi connectivity index (χ0) is 14.8. The van der Waals surface area contributed by atoms with Crippen molar-refractivity contribution in [3.8, 4) is 5.69 Å². The van der Waals surface area contributed by atoms with Gasteiger partial charge in [-0.25, -0.2) is 9.48 Å². The molecule has 2 amide bonds. The van der Waals surface area contributed by atoms with Crippen LogP contribution in [0, 0.1) is 6.92 Å². The molecule has 2 aromatic rings. The van der Waals surface area contributed by atoms with Gasteiger partial charge >= 0.3 is 6.03 Å². The number of aliphatic hydroxyl groups is 1. The first-order valence-electron chi connectivity index (χ1n) is 6.98. The minimum Gasteiger partial charge on any atom is -0.391 e. The van der Waals surface area contributed by atoms with Crippen molar-refractivity contribution >= 4 is 11.7 Å². The number of aliphatic hydroxyl groups excluding tert-OH is 1. The number of benzene rings is 1. The van der Waals surface area contributed by atoms with Gasteiger partial charge in [0, 0.05) is 31.2 Å². The Balaban J connectivity index is 1.73. The second kappa shape index (κ2) is 5.57. The van der Waals surface area contributed by atoms with Gasteiger partial charge in [-0.15, -0.1) is 0 Å². The quantitative estimate of drug-likeness (QED) is 0.884. The van der Waals surface area contributed by atoms with Gasteiger partial charge in [0.25, 0.3) is 0 Å². The van der Waals surface area contributed by atoms with E-state index in [0.717, 1.165) is 16.9 Å². The number of hydrogen-bond acceptors (Lipinski definition) is 3. The first kappa shape index (κ1) is 13.6.